The highest BCUT2D eigenvalue weighted by molar-refractivity contribution is 6.06. The van der Waals surface area contributed by atoms with E-state index in [4.69, 9.17) is 0 Å². The first kappa shape index (κ1) is 23.8. The number of benzene rings is 2. The highest BCUT2D eigenvalue weighted by Crippen LogP contribution is 2.44. The minimum absolute atomic E-state index is 0.0459. The Hall–Kier alpha value is -3.35. The second-order valence-electron chi connectivity index (χ2n) is 9.63. The van der Waals surface area contributed by atoms with E-state index in [9.17, 15) is 9.59 Å². The number of nitrogens with one attached hydrogen (secondary N) is 4. The molecule has 0 radical (unpaired) electrons. The number of hydrogen-bond donors (Lipinski definition) is 4. The lowest BCUT2D eigenvalue weighted by Crippen LogP contribution is -2.43. The molecule has 0 aromatic heterocycles. The summed E-state index contributed by atoms with van der Waals surface area (Å²) in [5.41, 5.74) is 5.22. The highest BCUT2D eigenvalue weighted by Gasteiger charge is 2.27. The van der Waals surface area contributed by atoms with Crippen LogP contribution in [0.5, 0.6) is 0 Å². The molecule has 34 heavy (non-hydrogen) atoms. The number of rotatable bonds is 8. The maximum absolute atomic E-state index is 12.8. The van der Waals surface area contributed by atoms with Gasteiger partial charge in [-0.25, -0.2) is 0 Å². The first-order valence-corrected chi connectivity index (χ1v) is 12.3. The van der Waals surface area contributed by atoms with E-state index in [2.05, 4.69) is 40.1 Å². The summed E-state index contributed by atoms with van der Waals surface area (Å²) in [6, 6.07) is 11.6. The molecule has 4 rings (SSSR count). The van der Waals surface area contributed by atoms with Gasteiger partial charge in [-0.2, -0.15) is 0 Å². The Morgan fingerprint density at radius 1 is 1.12 bits per heavy atom. The zero-order valence-electron chi connectivity index (χ0n) is 20.3. The number of carbonyl (C=O) groups is 2. The highest BCUT2D eigenvalue weighted by atomic mass is 16.2. The molecule has 2 amide bonds. The molecule has 0 bridgehead atoms. The van der Waals surface area contributed by atoms with Gasteiger partial charge in [-0.1, -0.05) is 19.9 Å². The quantitative estimate of drug-likeness (QED) is 0.466. The summed E-state index contributed by atoms with van der Waals surface area (Å²) in [4.78, 5) is 29.8. The van der Waals surface area contributed by atoms with E-state index in [1.807, 2.05) is 43.3 Å². The third-order valence-electron chi connectivity index (χ3n) is 6.23. The standard InChI is InChI=1S/C27H35N5O2/c1-17(2)11-14-28-26(34)22-16-21(9-5-18(22)3)31-24-10-8-20(15-23(24)19-6-7-19)25(33)32-27-29-12-4-13-30-27/h5,8-10,15-17,19,31H,4,6-7,11-14H2,1-3H3,(H,28,34)(H2,29,30,32,33). The number of carbonyl (C=O) groups excluding carboxylic acids is 2. The number of anilines is 2. The van der Waals surface area contributed by atoms with E-state index in [0.717, 1.165) is 61.3 Å². The summed E-state index contributed by atoms with van der Waals surface area (Å²) in [5, 5.41) is 12.5. The van der Waals surface area contributed by atoms with Crippen LogP contribution >= 0.6 is 0 Å². The van der Waals surface area contributed by atoms with Gasteiger partial charge in [0.2, 0.25) is 0 Å². The van der Waals surface area contributed by atoms with Crippen LogP contribution in [0.3, 0.4) is 0 Å². The number of guanidine groups is 1. The van der Waals surface area contributed by atoms with E-state index >= 15 is 0 Å². The molecule has 1 heterocycles. The molecule has 1 aliphatic carbocycles. The van der Waals surface area contributed by atoms with Crippen molar-refractivity contribution in [2.24, 2.45) is 10.9 Å². The molecular formula is C27H35N5O2. The molecule has 7 nitrogen and oxygen atoms in total. The Morgan fingerprint density at radius 2 is 1.94 bits per heavy atom. The van der Waals surface area contributed by atoms with Crippen LogP contribution in [0.1, 0.15) is 77.3 Å². The molecule has 0 saturated heterocycles. The van der Waals surface area contributed by atoms with Gasteiger partial charge in [-0.3, -0.25) is 19.9 Å². The van der Waals surface area contributed by atoms with Crippen molar-refractivity contribution in [2.45, 2.75) is 52.4 Å². The van der Waals surface area contributed by atoms with Gasteiger partial charge in [0.15, 0.2) is 5.96 Å². The van der Waals surface area contributed by atoms with Crippen LogP contribution in [-0.2, 0) is 0 Å². The number of aryl methyl sites for hydroxylation is 1. The minimum atomic E-state index is -0.155. The molecule has 2 aromatic rings. The predicted octanol–water partition coefficient (Wildman–Crippen LogP) is 4.47. The molecule has 180 valence electrons. The van der Waals surface area contributed by atoms with Crippen molar-refractivity contribution in [1.82, 2.24) is 16.0 Å². The van der Waals surface area contributed by atoms with Crippen molar-refractivity contribution in [3.8, 4) is 0 Å². The van der Waals surface area contributed by atoms with E-state index in [1.165, 1.54) is 0 Å². The van der Waals surface area contributed by atoms with E-state index < -0.39 is 0 Å². The Labute approximate surface area is 201 Å². The summed E-state index contributed by atoms with van der Waals surface area (Å²) in [6.07, 6.45) is 4.17. The lowest BCUT2D eigenvalue weighted by atomic mass is 10.0. The third-order valence-corrected chi connectivity index (χ3v) is 6.23. The average Bonchev–Trinajstić information content (AvgIpc) is 3.66. The van der Waals surface area contributed by atoms with E-state index in [-0.39, 0.29) is 11.8 Å². The van der Waals surface area contributed by atoms with Crippen molar-refractivity contribution in [1.29, 1.82) is 0 Å². The van der Waals surface area contributed by atoms with Crippen LogP contribution in [0.2, 0.25) is 0 Å². The topological polar surface area (TPSA) is 94.6 Å². The molecular weight excluding hydrogens is 426 g/mol. The van der Waals surface area contributed by atoms with Crippen LogP contribution in [0, 0.1) is 12.8 Å². The van der Waals surface area contributed by atoms with Gasteiger partial charge in [0.1, 0.15) is 0 Å². The molecule has 2 aromatic carbocycles. The second-order valence-corrected chi connectivity index (χ2v) is 9.63. The maximum Gasteiger partial charge on any atom is 0.257 e. The molecule has 0 atom stereocenters. The zero-order chi connectivity index (χ0) is 24.1. The fourth-order valence-corrected chi connectivity index (χ4v) is 4.02. The molecule has 4 N–H and O–H groups in total. The molecule has 7 heteroatoms. The predicted molar refractivity (Wildman–Crippen MR) is 137 cm³/mol. The number of aliphatic imine (C=N–C) groups is 1. The first-order valence-electron chi connectivity index (χ1n) is 12.3. The Morgan fingerprint density at radius 3 is 2.65 bits per heavy atom. The Kier molecular flexibility index (Phi) is 7.50. The van der Waals surface area contributed by atoms with Gasteiger partial charge in [-0.15, -0.1) is 0 Å². The molecule has 1 saturated carbocycles. The molecule has 0 spiro atoms. The fraction of sp³-hybridized carbons (Fsp3) is 0.444. The monoisotopic (exact) mass is 461 g/mol. The van der Waals surface area contributed by atoms with Crippen molar-refractivity contribution in [3.05, 3.63) is 58.7 Å². The molecule has 1 fully saturated rings. The summed E-state index contributed by atoms with van der Waals surface area (Å²) < 4.78 is 0. The van der Waals surface area contributed by atoms with Crippen LogP contribution < -0.4 is 21.3 Å². The van der Waals surface area contributed by atoms with E-state index in [0.29, 0.717) is 35.5 Å². The van der Waals surface area contributed by atoms with Crippen molar-refractivity contribution in [2.75, 3.05) is 25.0 Å². The number of nitrogens with zero attached hydrogens (tertiary/aromatic N) is 1. The van der Waals surface area contributed by atoms with Crippen molar-refractivity contribution in [3.63, 3.8) is 0 Å². The van der Waals surface area contributed by atoms with Crippen LogP contribution in [0.4, 0.5) is 11.4 Å². The van der Waals surface area contributed by atoms with E-state index in [1.54, 1.807) is 0 Å². The summed E-state index contributed by atoms with van der Waals surface area (Å²) in [5.74, 6) is 1.34. The van der Waals surface area contributed by atoms with Crippen LogP contribution in [0.25, 0.3) is 0 Å². The van der Waals surface area contributed by atoms with Crippen molar-refractivity contribution < 1.29 is 9.59 Å². The molecule has 0 unspecified atom stereocenters. The van der Waals surface area contributed by atoms with Gasteiger partial charge >= 0.3 is 0 Å². The third kappa shape index (κ3) is 6.16. The Bertz CT molecular complexity index is 1090. The molecule has 1 aliphatic heterocycles. The smallest absolute Gasteiger partial charge is 0.257 e. The largest absolute Gasteiger partial charge is 0.356 e. The van der Waals surface area contributed by atoms with Gasteiger partial charge < -0.3 is 16.0 Å². The van der Waals surface area contributed by atoms with Crippen LogP contribution in [-0.4, -0.2) is 37.4 Å². The van der Waals surface area contributed by atoms with Gasteiger partial charge in [0.05, 0.1) is 0 Å². The second kappa shape index (κ2) is 10.7. The normalized spacial score (nSPS) is 15.4. The lowest BCUT2D eigenvalue weighted by molar-refractivity contribution is 0.0948. The lowest BCUT2D eigenvalue weighted by Gasteiger charge is -2.17. The Balaban J connectivity index is 1.49. The van der Waals surface area contributed by atoms with Crippen molar-refractivity contribution >= 4 is 29.1 Å². The maximum atomic E-state index is 12.8. The van der Waals surface area contributed by atoms with Gasteiger partial charge in [0, 0.05) is 42.1 Å². The summed E-state index contributed by atoms with van der Waals surface area (Å²) >= 11 is 0. The van der Waals surface area contributed by atoms with Gasteiger partial charge in [-0.05, 0) is 85.9 Å². The summed E-state index contributed by atoms with van der Waals surface area (Å²) in [7, 11) is 0. The van der Waals surface area contributed by atoms with Crippen LogP contribution in [0.15, 0.2) is 41.4 Å². The summed E-state index contributed by atoms with van der Waals surface area (Å²) in [6.45, 7) is 8.47. The van der Waals surface area contributed by atoms with Gasteiger partial charge in [0.25, 0.3) is 11.8 Å². The fourth-order valence-electron chi connectivity index (χ4n) is 4.02. The zero-order valence-corrected chi connectivity index (χ0v) is 20.3. The average molecular weight is 462 g/mol. The SMILES string of the molecule is Cc1ccc(Nc2ccc(C(=O)NC3=NCCCN3)cc2C2CC2)cc1C(=O)NCCC(C)C. The number of amides is 2. The number of hydrogen-bond acceptors (Lipinski definition) is 5. The first-order chi connectivity index (χ1) is 16.4. The molecule has 2 aliphatic rings. The minimum Gasteiger partial charge on any atom is -0.356 e.